The lowest BCUT2D eigenvalue weighted by atomic mass is 10.00. The van der Waals surface area contributed by atoms with Crippen LogP contribution in [-0.2, 0) is 12.8 Å². The van der Waals surface area contributed by atoms with Crippen molar-refractivity contribution in [2.75, 3.05) is 12.8 Å². The number of nitrogen functional groups attached to an aromatic ring is 1. The van der Waals surface area contributed by atoms with Crippen LogP contribution in [0.15, 0.2) is 42.5 Å². The SMILES string of the molecule is CCc1ccc(CC(=O)c2cc(OC)ccc2N)cc1. The minimum atomic E-state index is 0.00523. The quantitative estimate of drug-likeness (QED) is 0.669. The Kier molecular flexibility index (Phi) is 4.41. The average molecular weight is 269 g/mol. The number of carbonyl (C=O) groups is 1. The van der Waals surface area contributed by atoms with Crippen LogP contribution >= 0.6 is 0 Å². The number of ether oxygens (including phenoxy) is 1. The number of carbonyl (C=O) groups excluding carboxylic acids is 1. The average Bonchev–Trinajstić information content (AvgIpc) is 2.48. The summed E-state index contributed by atoms with van der Waals surface area (Å²) in [6.45, 7) is 2.11. The molecule has 0 saturated carbocycles. The molecule has 0 heterocycles. The van der Waals surface area contributed by atoms with Gasteiger partial charge >= 0.3 is 0 Å². The molecule has 0 aromatic heterocycles. The molecule has 0 atom stereocenters. The predicted molar refractivity (Wildman–Crippen MR) is 81.3 cm³/mol. The maximum absolute atomic E-state index is 12.3. The van der Waals surface area contributed by atoms with Gasteiger partial charge in [-0.1, -0.05) is 31.2 Å². The van der Waals surface area contributed by atoms with E-state index < -0.39 is 0 Å². The van der Waals surface area contributed by atoms with Gasteiger partial charge in [-0.25, -0.2) is 0 Å². The van der Waals surface area contributed by atoms with Gasteiger partial charge < -0.3 is 10.5 Å². The number of benzene rings is 2. The molecule has 2 N–H and O–H groups in total. The largest absolute Gasteiger partial charge is 0.497 e. The Hall–Kier alpha value is -2.29. The monoisotopic (exact) mass is 269 g/mol. The van der Waals surface area contributed by atoms with Gasteiger partial charge in [-0.3, -0.25) is 4.79 Å². The summed E-state index contributed by atoms with van der Waals surface area (Å²) in [5.41, 5.74) is 9.13. The summed E-state index contributed by atoms with van der Waals surface area (Å²) in [7, 11) is 1.57. The van der Waals surface area contributed by atoms with Crippen LogP contribution in [0.3, 0.4) is 0 Å². The van der Waals surface area contributed by atoms with Crippen LogP contribution in [0.5, 0.6) is 5.75 Å². The normalized spacial score (nSPS) is 10.3. The highest BCUT2D eigenvalue weighted by atomic mass is 16.5. The molecule has 0 aliphatic carbocycles. The molecule has 0 aliphatic rings. The molecule has 3 heteroatoms. The van der Waals surface area contributed by atoms with Gasteiger partial charge in [0.15, 0.2) is 5.78 Å². The first-order chi connectivity index (χ1) is 9.63. The second-order valence-electron chi connectivity index (χ2n) is 4.72. The summed E-state index contributed by atoms with van der Waals surface area (Å²) in [6.07, 6.45) is 1.35. The summed E-state index contributed by atoms with van der Waals surface area (Å²) < 4.78 is 5.13. The number of ketones is 1. The van der Waals surface area contributed by atoms with Crippen molar-refractivity contribution in [3.63, 3.8) is 0 Å². The third kappa shape index (κ3) is 3.18. The van der Waals surface area contributed by atoms with E-state index in [2.05, 4.69) is 19.1 Å². The molecule has 0 spiro atoms. The van der Waals surface area contributed by atoms with Crippen molar-refractivity contribution in [2.45, 2.75) is 19.8 Å². The van der Waals surface area contributed by atoms with Crippen molar-refractivity contribution in [1.29, 1.82) is 0 Å². The van der Waals surface area contributed by atoms with Crippen molar-refractivity contribution < 1.29 is 9.53 Å². The van der Waals surface area contributed by atoms with Crippen LogP contribution in [0.4, 0.5) is 5.69 Å². The van der Waals surface area contributed by atoms with Gasteiger partial charge in [0.25, 0.3) is 0 Å². The lowest BCUT2D eigenvalue weighted by Crippen LogP contribution is -2.07. The summed E-state index contributed by atoms with van der Waals surface area (Å²) in [5, 5.41) is 0. The minimum Gasteiger partial charge on any atom is -0.497 e. The van der Waals surface area contributed by atoms with E-state index in [1.165, 1.54) is 5.56 Å². The molecule has 0 amide bonds. The molecule has 3 nitrogen and oxygen atoms in total. The van der Waals surface area contributed by atoms with E-state index in [4.69, 9.17) is 10.5 Å². The van der Waals surface area contributed by atoms with E-state index in [1.54, 1.807) is 25.3 Å². The number of nitrogens with two attached hydrogens (primary N) is 1. The van der Waals surface area contributed by atoms with Crippen LogP contribution in [0.2, 0.25) is 0 Å². The molecular weight excluding hydrogens is 250 g/mol. The smallest absolute Gasteiger partial charge is 0.169 e. The van der Waals surface area contributed by atoms with Crippen molar-refractivity contribution in [3.8, 4) is 5.75 Å². The highest BCUT2D eigenvalue weighted by Gasteiger charge is 2.12. The molecule has 20 heavy (non-hydrogen) atoms. The Morgan fingerprint density at radius 2 is 1.75 bits per heavy atom. The van der Waals surface area contributed by atoms with Crippen molar-refractivity contribution in [1.82, 2.24) is 0 Å². The topological polar surface area (TPSA) is 52.3 Å². The number of methoxy groups -OCH3 is 1. The summed E-state index contributed by atoms with van der Waals surface area (Å²) in [4.78, 5) is 12.3. The zero-order valence-electron chi connectivity index (χ0n) is 11.8. The van der Waals surface area contributed by atoms with Crippen molar-refractivity contribution >= 4 is 11.5 Å². The number of hydrogen-bond acceptors (Lipinski definition) is 3. The number of aryl methyl sites for hydroxylation is 1. The van der Waals surface area contributed by atoms with Crippen LogP contribution in [0.25, 0.3) is 0 Å². The zero-order chi connectivity index (χ0) is 14.5. The first-order valence-electron chi connectivity index (χ1n) is 6.68. The highest BCUT2D eigenvalue weighted by Crippen LogP contribution is 2.21. The fourth-order valence-corrected chi connectivity index (χ4v) is 2.08. The van der Waals surface area contributed by atoms with Gasteiger partial charge in [0, 0.05) is 17.7 Å². The number of Topliss-reactive ketones (excluding diaryl/α,β-unsaturated/α-hetero) is 1. The molecule has 0 bridgehead atoms. The Labute approximate surface area is 119 Å². The summed E-state index contributed by atoms with van der Waals surface area (Å²) in [5.74, 6) is 0.648. The first kappa shape index (κ1) is 14.1. The molecule has 0 unspecified atom stereocenters. The lowest BCUT2D eigenvalue weighted by Gasteiger charge is -2.08. The second-order valence-corrected chi connectivity index (χ2v) is 4.72. The summed E-state index contributed by atoms with van der Waals surface area (Å²) in [6, 6.07) is 13.2. The second kappa shape index (κ2) is 6.24. The van der Waals surface area contributed by atoms with Gasteiger partial charge in [0.05, 0.1) is 7.11 Å². The van der Waals surface area contributed by atoms with E-state index in [0.717, 1.165) is 12.0 Å². The molecule has 0 radical (unpaired) electrons. The van der Waals surface area contributed by atoms with Gasteiger partial charge in [-0.15, -0.1) is 0 Å². The van der Waals surface area contributed by atoms with Crippen LogP contribution < -0.4 is 10.5 Å². The van der Waals surface area contributed by atoms with Crippen LogP contribution in [-0.4, -0.2) is 12.9 Å². The molecule has 2 rings (SSSR count). The Morgan fingerprint density at radius 3 is 2.35 bits per heavy atom. The molecule has 104 valence electrons. The molecular formula is C17H19NO2. The maximum atomic E-state index is 12.3. The highest BCUT2D eigenvalue weighted by molar-refractivity contribution is 6.02. The maximum Gasteiger partial charge on any atom is 0.169 e. The lowest BCUT2D eigenvalue weighted by molar-refractivity contribution is 0.0993. The van der Waals surface area contributed by atoms with Gasteiger partial charge in [-0.05, 0) is 35.7 Å². The fourth-order valence-electron chi connectivity index (χ4n) is 2.08. The fraction of sp³-hybridized carbons (Fsp3) is 0.235. The molecule has 2 aromatic rings. The Balaban J connectivity index is 2.18. The third-order valence-electron chi connectivity index (χ3n) is 3.36. The molecule has 0 aliphatic heterocycles. The van der Waals surface area contributed by atoms with E-state index in [9.17, 15) is 4.79 Å². The Bertz CT molecular complexity index is 603. The number of anilines is 1. The van der Waals surface area contributed by atoms with Gasteiger partial charge in [0.2, 0.25) is 0 Å². The predicted octanol–water partition coefficient (Wildman–Crippen LogP) is 3.27. The van der Waals surface area contributed by atoms with Crippen molar-refractivity contribution in [3.05, 3.63) is 59.2 Å². The van der Waals surface area contributed by atoms with E-state index in [0.29, 0.717) is 23.4 Å². The van der Waals surface area contributed by atoms with Crippen molar-refractivity contribution in [2.24, 2.45) is 0 Å². The zero-order valence-corrected chi connectivity index (χ0v) is 11.8. The summed E-state index contributed by atoms with van der Waals surface area (Å²) >= 11 is 0. The number of hydrogen-bond donors (Lipinski definition) is 1. The molecule has 0 saturated heterocycles. The van der Waals surface area contributed by atoms with E-state index >= 15 is 0 Å². The van der Waals surface area contributed by atoms with Gasteiger partial charge in [-0.2, -0.15) is 0 Å². The molecule has 0 fully saturated rings. The van der Waals surface area contributed by atoms with Gasteiger partial charge in [0.1, 0.15) is 5.75 Å². The van der Waals surface area contributed by atoms with E-state index in [-0.39, 0.29) is 5.78 Å². The Morgan fingerprint density at radius 1 is 1.10 bits per heavy atom. The van der Waals surface area contributed by atoms with Crippen LogP contribution in [0.1, 0.15) is 28.4 Å². The third-order valence-corrected chi connectivity index (χ3v) is 3.36. The minimum absolute atomic E-state index is 0.00523. The first-order valence-corrected chi connectivity index (χ1v) is 6.68. The van der Waals surface area contributed by atoms with Crippen LogP contribution in [0, 0.1) is 0 Å². The van der Waals surface area contributed by atoms with E-state index in [1.807, 2.05) is 12.1 Å². The standard InChI is InChI=1S/C17H19NO2/c1-3-12-4-6-13(7-5-12)10-17(19)15-11-14(20-2)8-9-16(15)18/h4-9,11H,3,10,18H2,1-2H3. The molecule has 2 aromatic carbocycles. The number of rotatable bonds is 5.